The Bertz CT molecular complexity index is 485. The first kappa shape index (κ1) is 19.1. The van der Waals surface area contributed by atoms with Gasteiger partial charge in [-0.15, -0.1) is 0 Å². The summed E-state index contributed by atoms with van der Waals surface area (Å²) in [5.41, 5.74) is 0. The van der Waals surface area contributed by atoms with E-state index in [9.17, 15) is 4.79 Å². The summed E-state index contributed by atoms with van der Waals surface area (Å²) >= 11 is 5.82. The molecule has 0 aliphatic carbocycles. The van der Waals surface area contributed by atoms with Crippen LogP contribution in [0.3, 0.4) is 0 Å². The van der Waals surface area contributed by atoms with Crippen LogP contribution in [0.4, 0.5) is 0 Å². The van der Waals surface area contributed by atoms with Crippen LogP contribution in [0.5, 0.6) is 5.75 Å². The Balaban J connectivity index is 1.45. The molecule has 1 aromatic rings. The Hall–Kier alpha value is -1.26. The van der Waals surface area contributed by atoms with Gasteiger partial charge in [0.15, 0.2) is 0 Å². The van der Waals surface area contributed by atoms with Crippen molar-refractivity contribution in [3.8, 4) is 5.75 Å². The van der Waals surface area contributed by atoms with Gasteiger partial charge in [-0.2, -0.15) is 0 Å². The summed E-state index contributed by atoms with van der Waals surface area (Å²) in [5, 5.41) is 3.69. The fourth-order valence-electron chi connectivity index (χ4n) is 2.86. The maximum absolute atomic E-state index is 11.8. The summed E-state index contributed by atoms with van der Waals surface area (Å²) in [7, 11) is 0. The molecule has 1 amide bonds. The van der Waals surface area contributed by atoms with Gasteiger partial charge in [0.25, 0.3) is 0 Å². The number of rotatable bonds is 9. The molecular weight excluding hydrogens is 324 g/mol. The number of carbonyl (C=O) groups excluding carboxylic acids is 1. The molecule has 1 aromatic carbocycles. The normalized spacial score (nSPS) is 16.1. The number of amides is 1. The average Bonchev–Trinajstić information content (AvgIpc) is 2.59. The van der Waals surface area contributed by atoms with Crippen LogP contribution in [-0.4, -0.2) is 43.6 Å². The van der Waals surface area contributed by atoms with E-state index < -0.39 is 0 Å². The van der Waals surface area contributed by atoms with Crippen LogP contribution in [-0.2, 0) is 4.79 Å². The van der Waals surface area contributed by atoms with Gasteiger partial charge in [-0.3, -0.25) is 4.79 Å². The predicted octanol–water partition coefficient (Wildman–Crippen LogP) is 3.74. The standard InChI is InChI=1S/C19H29ClN2O2/c1-16-9-13-22(14-10-16)12-3-11-21-19(23)4-2-15-24-18-7-5-17(20)6-8-18/h5-8,16H,2-4,9-15H2,1H3,(H,21,23). The monoisotopic (exact) mass is 352 g/mol. The van der Waals surface area contributed by atoms with Crippen molar-refractivity contribution in [1.82, 2.24) is 10.2 Å². The van der Waals surface area contributed by atoms with E-state index in [0.717, 1.165) is 37.6 Å². The summed E-state index contributed by atoms with van der Waals surface area (Å²) in [5.74, 6) is 1.77. The minimum Gasteiger partial charge on any atom is -0.494 e. The third kappa shape index (κ3) is 7.54. The zero-order valence-corrected chi connectivity index (χ0v) is 15.4. The molecule has 0 atom stereocenters. The van der Waals surface area contributed by atoms with Crippen molar-refractivity contribution < 1.29 is 9.53 Å². The quantitative estimate of drug-likeness (QED) is 0.688. The zero-order valence-electron chi connectivity index (χ0n) is 14.6. The number of benzene rings is 1. The van der Waals surface area contributed by atoms with Crippen molar-refractivity contribution >= 4 is 17.5 Å². The molecule has 0 aromatic heterocycles. The largest absolute Gasteiger partial charge is 0.494 e. The number of piperidine rings is 1. The molecule has 1 saturated heterocycles. The van der Waals surface area contributed by atoms with Crippen molar-refractivity contribution in [2.75, 3.05) is 32.8 Å². The van der Waals surface area contributed by atoms with Crippen LogP contribution in [0.1, 0.15) is 39.0 Å². The predicted molar refractivity (Wildman–Crippen MR) is 98.6 cm³/mol. The van der Waals surface area contributed by atoms with E-state index in [2.05, 4.69) is 17.1 Å². The van der Waals surface area contributed by atoms with Crippen LogP contribution in [0, 0.1) is 5.92 Å². The lowest BCUT2D eigenvalue weighted by Gasteiger charge is -2.30. The average molecular weight is 353 g/mol. The molecule has 134 valence electrons. The van der Waals surface area contributed by atoms with E-state index in [1.807, 2.05) is 12.1 Å². The smallest absolute Gasteiger partial charge is 0.220 e. The van der Waals surface area contributed by atoms with E-state index >= 15 is 0 Å². The molecule has 0 bridgehead atoms. The molecule has 1 fully saturated rings. The van der Waals surface area contributed by atoms with Gasteiger partial charge in [0.2, 0.25) is 5.91 Å². The van der Waals surface area contributed by atoms with E-state index in [1.54, 1.807) is 12.1 Å². The highest BCUT2D eigenvalue weighted by molar-refractivity contribution is 6.30. The molecule has 0 radical (unpaired) electrons. The number of halogens is 1. The van der Waals surface area contributed by atoms with Gasteiger partial charge in [-0.05, 0) is 75.5 Å². The van der Waals surface area contributed by atoms with E-state index in [0.29, 0.717) is 18.1 Å². The fraction of sp³-hybridized carbons (Fsp3) is 0.632. The van der Waals surface area contributed by atoms with Crippen molar-refractivity contribution in [1.29, 1.82) is 0 Å². The van der Waals surface area contributed by atoms with Gasteiger partial charge in [-0.1, -0.05) is 18.5 Å². The Morgan fingerprint density at radius 2 is 1.96 bits per heavy atom. The van der Waals surface area contributed by atoms with Crippen LogP contribution in [0.15, 0.2) is 24.3 Å². The number of nitrogens with one attached hydrogen (secondary N) is 1. The topological polar surface area (TPSA) is 41.6 Å². The SMILES string of the molecule is CC1CCN(CCCNC(=O)CCCOc2ccc(Cl)cc2)CC1. The van der Waals surface area contributed by atoms with Gasteiger partial charge in [0, 0.05) is 18.0 Å². The Morgan fingerprint density at radius 1 is 1.25 bits per heavy atom. The first-order valence-corrected chi connectivity index (χ1v) is 9.38. The highest BCUT2D eigenvalue weighted by Crippen LogP contribution is 2.16. The molecule has 0 unspecified atom stereocenters. The number of ether oxygens (including phenoxy) is 1. The number of likely N-dealkylation sites (tertiary alicyclic amines) is 1. The fourth-order valence-corrected chi connectivity index (χ4v) is 2.98. The Labute approximate surface area is 150 Å². The number of carbonyl (C=O) groups is 1. The van der Waals surface area contributed by atoms with Crippen LogP contribution in [0.2, 0.25) is 5.02 Å². The van der Waals surface area contributed by atoms with Crippen molar-refractivity contribution in [2.24, 2.45) is 5.92 Å². The summed E-state index contributed by atoms with van der Waals surface area (Å²) in [6.45, 7) is 7.14. The third-order valence-corrected chi connectivity index (χ3v) is 4.73. The van der Waals surface area contributed by atoms with Gasteiger partial charge in [-0.25, -0.2) is 0 Å². The maximum Gasteiger partial charge on any atom is 0.220 e. The van der Waals surface area contributed by atoms with Gasteiger partial charge >= 0.3 is 0 Å². The van der Waals surface area contributed by atoms with E-state index in [1.165, 1.54) is 25.9 Å². The summed E-state index contributed by atoms with van der Waals surface area (Å²) < 4.78 is 5.58. The lowest BCUT2D eigenvalue weighted by Crippen LogP contribution is -2.35. The molecule has 1 heterocycles. The van der Waals surface area contributed by atoms with Gasteiger partial charge < -0.3 is 15.0 Å². The van der Waals surface area contributed by atoms with Gasteiger partial charge in [0.05, 0.1) is 6.61 Å². The minimum atomic E-state index is 0.113. The molecule has 0 saturated carbocycles. The second kappa shape index (κ2) is 10.6. The minimum absolute atomic E-state index is 0.113. The van der Waals surface area contributed by atoms with E-state index in [4.69, 9.17) is 16.3 Å². The molecule has 0 spiro atoms. The van der Waals surface area contributed by atoms with Crippen molar-refractivity contribution in [3.63, 3.8) is 0 Å². The van der Waals surface area contributed by atoms with Crippen molar-refractivity contribution in [3.05, 3.63) is 29.3 Å². The second-order valence-electron chi connectivity index (χ2n) is 6.63. The Morgan fingerprint density at radius 3 is 2.67 bits per heavy atom. The van der Waals surface area contributed by atoms with E-state index in [-0.39, 0.29) is 5.91 Å². The highest BCUT2D eigenvalue weighted by atomic mass is 35.5. The molecule has 5 heteroatoms. The lowest BCUT2D eigenvalue weighted by atomic mass is 9.99. The number of hydrogen-bond donors (Lipinski definition) is 1. The van der Waals surface area contributed by atoms with Crippen LogP contribution in [0.25, 0.3) is 0 Å². The first-order valence-electron chi connectivity index (χ1n) is 9.01. The third-order valence-electron chi connectivity index (χ3n) is 4.48. The molecule has 4 nitrogen and oxygen atoms in total. The second-order valence-corrected chi connectivity index (χ2v) is 7.07. The lowest BCUT2D eigenvalue weighted by molar-refractivity contribution is -0.121. The highest BCUT2D eigenvalue weighted by Gasteiger charge is 2.14. The summed E-state index contributed by atoms with van der Waals surface area (Å²) in [4.78, 5) is 14.3. The maximum atomic E-state index is 11.8. The number of hydrogen-bond acceptors (Lipinski definition) is 3. The summed E-state index contributed by atoms with van der Waals surface area (Å²) in [6, 6.07) is 7.27. The molecule has 2 rings (SSSR count). The number of nitrogens with zero attached hydrogens (tertiary/aromatic N) is 1. The van der Waals surface area contributed by atoms with Crippen molar-refractivity contribution in [2.45, 2.75) is 39.0 Å². The molecule has 1 N–H and O–H groups in total. The Kier molecular flexibility index (Phi) is 8.40. The molecule has 1 aliphatic rings. The zero-order chi connectivity index (χ0) is 17.2. The van der Waals surface area contributed by atoms with Crippen LogP contribution >= 0.6 is 11.6 Å². The van der Waals surface area contributed by atoms with Crippen LogP contribution < -0.4 is 10.1 Å². The molecule has 24 heavy (non-hydrogen) atoms. The molecule has 1 aliphatic heterocycles. The first-order chi connectivity index (χ1) is 11.6. The summed E-state index contributed by atoms with van der Waals surface area (Å²) in [6.07, 6.45) is 4.87. The molecular formula is C19H29ClN2O2. The van der Waals surface area contributed by atoms with Gasteiger partial charge in [0.1, 0.15) is 5.75 Å².